The maximum atomic E-state index is 8.87. The second-order valence-electron chi connectivity index (χ2n) is 4.64. The Hall–Kier alpha value is -0.120. The van der Waals surface area contributed by atoms with Gasteiger partial charge in [0.25, 0.3) is 0 Å². The summed E-state index contributed by atoms with van der Waals surface area (Å²) in [6.07, 6.45) is 2.36. The average molecular weight is 203 g/mol. The summed E-state index contributed by atoms with van der Waals surface area (Å²) in [5.41, 5.74) is 0.277. The van der Waals surface area contributed by atoms with Gasteiger partial charge >= 0.3 is 0 Å². The van der Waals surface area contributed by atoms with E-state index in [2.05, 4.69) is 25.7 Å². The van der Waals surface area contributed by atoms with Gasteiger partial charge in [-0.2, -0.15) is 0 Å². The van der Waals surface area contributed by atoms with Gasteiger partial charge < -0.3 is 10.2 Å². The van der Waals surface area contributed by atoms with Crippen molar-refractivity contribution in [3.63, 3.8) is 0 Å². The first kappa shape index (κ1) is 13.9. The topological polar surface area (TPSA) is 43.7 Å². The Bertz CT molecular complexity index is 131. The molecular weight excluding hydrogens is 178 g/mol. The Labute approximate surface area is 87.7 Å². The number of hydrogen-bond donors (Lipinski definition) is 2. The molecule has 0 aliphatic heterocycles. The zero-order chi connectivity index (χ0) is 11.0. The highest BCUT2D eigenvalue weighted by molar-refractivity contribution is 4.73. The Kier molecular flexibility index (Phi) is 7.15. The van der Waals surface area contributed by atoms with Gasteiger partial charge in [-0.05, 0) is 11.8 Å². The smallest absolute Gasteiger partial charge is 0.0558 e. The van der Waals surface area contributed by atoms with E-state index >= 15 is 0 Å². The summed E-state index contributed by atoms with van der Waals surface area (Å²) in [5.74, 6) is 0. The predicted octanol–water partition coefficient (Wildman–Crippen LogP) is 1.10. The lowest BCUT2D eigenvalue weighted by atomic mass is 9.87. The Morgan fingerprint density at radius 1 is 1.07 bits per heavy atom. The molecule has 14 heavy (non-hydrogen) atoms. The third-order valence-electron chi connectivity index (χ3n) is 2.41. The van der Waals surface area contributed by atoms with Crippen molar-refractivity contribution in [2.24, 2.45) is 5.41 Å². The third-order valence-corrected chi connectivity index (χ3v) is 2.41. The molecule has 0 unspecified atom stereocenters. The van der Waals surface area contributed by atoms with E-state index in [4.69, 9.17) is 10.2 Å². The van der Waals surface area contributed by atoms with Crippen LogP contribution >= 0.6 is 0 Å². The van der Waals surface area contributed by atoms with Gasteiger partial charge in [-0.1, -0.05) is 27.2 Å². The zero-order valence-corrected chi connectivity index (χ0v) is 9.79. The second-order valence-corrected chi connectivity index (χ2v) is 4.64. The van der Waals surface area contributed by atoms with Crippen molar-refractivity contribution in [2.75, 3.05) is 32.8 Å². The van der Waals surface area contributed by atoms with Crippen LogP contribution < -0.4 is 0 Å². The monoisotopic (exact) mass is 203 g/mol. The third kappa shape index (κ3) is 6.35. The summed E-state index contributed by atoms with van der Waals surface area (Å²) in [6, 6.07) is 0. The van der Waals surface area contributed by atoms with Crippen LogP contribution in [0.5, 0.6) is 0 Å². The molecule has 0 aliphatic carbocycles. The maximum Gasteiger partial charge on any atom is 0.0558 e. The molecule has 3 nitrogen and oxygen atoms in total. The summed E-state index contributed by atoms with van der Waals surface area (Å²) in [5, 5.41) is 17.7. The van der Waals surface area contributed by atoms with Gasteiger partial charge in [0.15, 0.2) is 0 Å². The van der Waals surface area contributed by atoms with Crippen molar-refractivity contribution in [1.82, 2.24) is 4.90 Å². The summed E-state index contributed by atoms with van der Waals surface area (Å²) in [6.45, 7) is 9.26. The minimum absolute atomic E-state index is 0.169. The van der Waals surface area contributed by atoms with Crippen LogP contribution in [0.2, 0.25) is 0 Å². The normalized spacial score (nSPS) is 12.4. The van der Waals surface area contributed by atoms with Crippen molar-refractivity contribution in [2.45, 2.75) is 33.6 Å². The van der Waals surface area contributed by atoms with Gasteiger partial charge in [-0.15, -0.1) is 0 Å². The summed E-state index contributed by atoms with van der Waals surface area (Å²) >= 11 is 0. The summed E-state index contributed by atoms with van der Waals surface area (Å²) in [4.78, 5) is 2.12. The maximum absolute atomic E-state index is 8.87. The van der Waals surface area contributed by atoms with E-state index in [0.717, 1.165) is 6.54 Å². The molecule has 0 saturated heterocycles. The number of rotatable bonds is 8. The molecule has 0 fully saturated rings. The Morgan fingerprint density at radius 2 is 1.57 bits per heavy atom. The molecule has 0 heterocycles. The summed E-state index contributed by atoms with van der Waals surface area (Å²) < 4.78 is 0. The van der Waals surface area contributed by atoms with E-state index in [0.29, 0.717) is 13.1 Å². The molecule has 0 aromatic carbocycles. The van der Waals surface area contributed by atoms with Crippen LogP contribution in [0.25, 0.3) is 0 Å². The first-order valence-electron chi connectivity index (χ1n) is 5.50. The van der Waals surface area contributed by atoms with E-state index < -0.39 is 0 Å². The number of aliphatic hydroxyl groups excluding tert-OH is 2. The zero-order valence-electron chi connectivity index (χ0n) is 9.79. The molecular formula is C11H25NO2. The highest BCUT2D eigenvalue weighted by atomic mass is 16.3. The van der Waals surface area contributed by atoms with Crippen molar-refractivity contribution in [1.29, 1.82) is 0 Å². The minimum Gasteiger partial charge on any atom is -0.395 e. The minimum atomic E-state index is 0.169. The van der Waals surface area contributed by atoms with Crippen LogP contribution in [-0.4, -0.2) is 48.0 Å². The lowest BCUT2D eigenvalue weighted by Gasteiger charge is -2.31. The van der Waals surface area contributed by atoms with Crippen LogP contribution in [0.4, 0.5) is 0 Å². The number of aliphatic hydroxyl groups is 2. The molecule has 0 aromatic rings. The highest BCUT2D eigenvalue weighted by Crippen LogP contribution is 2.23. The van der Waals surface area contributed by atoms with Gasteiger partial charge in [-0.25, -0.2) is 0 Å². The van der Waals surface area contributed by atoms with E-state index in [1.54, 1.807) is 0 Å². The van der Waals surface area contributed by atoms with Crippen molar-refractivity contribution in [3.8, 4) is 0 Å². The van der Waals surface area contributed by atoms with Crippen LogP contribution in [-0.2, 0) is 0 Å². The SMILES string of the molecule is CCCC(C)(C)CN(CCO)CCO. The first-order chi connectivity index (χ1) is 6.55. The Morgan fingerprint density at radius 3 is 1.93 bits per heavy atom. The molecule has 0 radical (unpaired) electrons. The lowest BCUT2D eigenvalue weighted by molar-refractivity contribution is 0.115. The predicted molar refractivity (Wildman–Crippen MR) is 59.3 cm³/mol. The molecule has 3 heteroatoms. The fourth-order valence-corrected chi connectivity index (χ4v) is 1.91. The first-order valence-corrected chi connectivity index (χ1v) is 5.50. The van der Waals surface area contributed by atoms with E-state index in [9.17, 15) is 0 Å². The van der Waals surface area contributed by atoms with E-state index in [1.165, 1.54) is 12.8 Å². The number of nitrogens with zero attached hydrogens (tertiary/aromatic N) is 1. The lowest BCUT2D eigenvalue weighted by Crippen LogP contribution is -2.38. The van der Waals surface area contributed by atoms with Crippen molar-refractivity contribution in [3.05, 3.63) is 0 Å². The molecule has 0 aromatic heterocycles. The van der Waals surface area contributed by atoms with Crippen LogP contribution in [0.15, 0.2) is 0 Å². The fourth-order valence-electron chi connectivity index (χ4n) is 1.91. The molecule has 0 bridgehead atoms. The molecule has 0 rings (SSSR count). The van der Waals surface area contributed by atoms with Gasteiger partial charge in [0, 0.05) is 19.6 Å². The van der Waals surface area contributed by atoms with Crippen molar-refractivity contribution < 1.29 is 10.2 Å². The highest BCUT2D eigenvalue weighted by Gasteiger charge is 2.20. The molecule has 0 atom stereocenters. The van der Waals surface area contributed by atoms with Crippen LogP contribution in [0.3, 0.4) is 0 Å². The molecule has 86 valence electrons. The van der Waals surface area contributed by atoms with E-state index in [-0.39, 0.29) is 18.6 Å². The van der Waals surface area contributed by atoms with Crippen LogP contribution in [0.1, 0.15) is 33.6 Å². The second kappa shape index (κ2) is 7.21. The molecule has 0 spiro atoms. The fraction of sp³-hybridized carbons (Fsp3) is 1.00. The standard InChI is InChI=1S/C11H25NO2/c1-4-5-11(2,3)10-12(6-8-13)7-9-14/h13-14H,4-10H2,1-3H3. The Balaban J connectivity index is 3.98. The van der Waals surface area contributed by atoms with Gasteiger partial charge in [-0.3, -0.25) is 4.90 Å². The quantitative estimate of drug-likeness (QED) is 0.621. The number of hydrogen-bond acceptors (Lipinski definition) is 3. The largest absolute Gasteiger partial charge is 0.395 e. The molecule has 0 aliphatic rings. The molecule has 0 amide bonds. The van der Waals surface area contributed by atoms with Crippen LogP contribution in [0, 0.1) is 5.41 Å². The van der Waals surface area contributed by atoms with Crippen molar-refractivity contribution >= 4 is 0 Å². The summed E-state index contributed by atoms with van der Waals surface area (Å²) in [7, 11) is 0. The van der Waals surface area contributed by atoms with E-state index in [1.807, 2.05) is 0 Å². The molecule has 0 saturated carbocycles. The molecule has 2 N–H and O–H groups in total. The average Bonchev–Trinajstić information content (AvgIpc) is 2.03. The van der Waals surface area contributed by atoms with Gasteiger partial charge in [0.05, 0.1) is 13.2 Å². The van der Waals surface area contributed by atoms with Gasteiger partial charge in [0.1, 0.15) is 0 Å². The van der Waals surface area contributed by atoms with Gasteiger partial charge in [0.2, 0.25) is 0 Å².